The van der Waals surface area contributed by atoms with Crippen LogP contribution in [-0.2, 0) is 6.42 Å². The van der Waals surface area contributed by atoms with E-state index in [9.17, 15) is 0 Å². The van der Waals surface area contributed by atoms with E-state index in [4.69, 9.17) is 11.6 Å². The van der Waals surface area contributed by atoms with Crippen molar-refractivity contribution in [3.8, 4) is 10.7 Å². The average molecular weight is 281 g/mol. The van der Waals surface area contributed by atoms with Crippen molar-refractivity contribution in [2.24, 2.45) is 0 Å². The van der Waals surface area contributed by atoms with Crippen LogP contribution < -0.4 is 0 Å². The molecule has 0 saturated heterocycles. The van der Waals surface area contributed by atoms with Crippen LogP contribution in [0.2, 0.25) is 5.15 Å². The van der Waals surface area contributed by atoms with Gasteiger partial charge in [0.15, 0.2) is 5.82 Å². The van der Waals surface area contributed by atoms with Crippen LogP contribution in [0, 0.1) is 0 Å². The Balaban J connectivity index is 2.23. The molecule has 17 heavy (non-hydrogen) atoms. The smallest absolute Gasteiger partial charge is 0.172 e. The molecule has 5 heteroatoms. The van der Waals surface area contributed by atoms with Gasteiger partial charge >= 0.3 is 0 Å². The van der Waals surface area contributed by atoms with Crippen molar-refractivity contribution in [3.63, 3.8) is 0 Å². The lowest BCUT2D eigenvalue weighted by Gasteiger charge is -1.97. The van der Waals surface area contributed by atoms with Crippen molar-refractivity contribution >= 4 is 44.5 Å². The zero-order chi connectivity index (χ0) is 11.8. The third-order valence-corrected chi connectivity index (χ3v) is 4.81. The Kier molecular flexibility index (Phi) is 2.86. The summed E-state index contributed by atoms with van der Waals surface area (Å²) in [7, 11) is 0. The normalized spacial score (nSPS) is 11.2. The van der Waals surface area contributed by atoms with E-state index in [1.165, 1.54) is 4.88 Å². The zero-order valence-electron chi connectivity index (χ0n) is 9.11. The van der Waals surface area contributed by atoms with Gasteiger partial charge < -0.3 is 0 Å². The van der Waals surface area contributed by atoms with E-state index in [0.717, 1.165) is 27.3 Å². The van der Waals surface area contributed by atoms with Gasteiger partial charge in [0.2, 0.25) is 0 Å². The first-order valence-electron chi connectivity index (χ1n) is 5.27. The highest BCUT2D eigenvalue weighted by Gasteiger charge is 2.11. The summed E-state index contributed by atoms with van der Waals surface area (Å²) < 4.78 is 0. The third kappa shape index (κ3) is 1.97. The first-order chi connectivity index (χ1) is 8.28. The Morgan fingerprint density at radius 1 is 1.35 bits per heavy atom. The van der Waals surface area contributed by atoms with Gasteiger partial charge in [-0.05, 0) is 23.9 Å². The maximum absolute atomic E-state index is 6.21. The summed E-state index contributed by atoms with van der Waals surface area (Å²) in [4.78, 5) is 12.3. The third-order valence-electron chi connectivity index (χ3n) is 2.49. The van der Waals surface area contributed by atoms with Crippen LogP contribution in [0.15, 0.2) is 23.6 Å². The fourth-order valence-corrected chi connectivity index (χ4v) is 3.53. The maximum atomic E-state index is 6.21. The molecule has 0 atom stereocenters. The fourth-order valence-electron chi connectivity index (χ4n) is 1.63. The molecule has 3 aromatic heterocycles. The second-order valence-electron chi connectivity index (χ2n) is 3.60. The van der Waals surface area contributed by atoms with Crippen molar-refractivity contribution in [3.05, 3.63) is 33.6 Å². The Morgan fingerprint density at radius 2 is 2.24 bits per heavy atom. The Bertz CT molecular complexity index is 659. The van der Waals surface area contributed by atoms with E-state index in [1.807, 2.05) is 17.5 Å². The summed E-state index contributed by atoms with van der Waals surface area (Å²) >= 11 is 9.53. The number of aryl methyl sites for hydroxylation is 1. The van der Waals surface area contributed by atoms with Gasteiger partial charge in [0.25, 0.3) is 0 Å². The highest BCUT2D eigenvalue weighted by atomic mass is 35.5. The molecule has 0 unspecified atom stereocenters. The summed E-state index contributed by atoms with van der Waals surface area (Å²) in [5.41, 5.74) is 0. The number of aromatic nitrogens is 2. The second-order valence-corrected chi connectivity index (χ2v) is 6.02. The zero-order valence-corrected chi connectivity index (χ0v) is 11.5. The quantitative estimate of drug-likeness (QED) is 0.639. The van der Waals surface area contributed by atoms with Crippen molar-refractivity contribution < 1.29 is 0 Å². The molecule has 0 aromatic carbocycles. The van der Waals surface area contributed by atoms with Crippen LogP contribution in [0.1, 0.15) is 11.8 Å². The molecule has 2 nitrogen and oxygen atoms in total. The van der Waals surface area contributed by atoms with Gasteiger partial charge in [-0.1, -0.05) is 24.6 Å². The SMILES string of the molecule is CCc1cc2c(Cl)nc(-c3cccs3)nc2s1. The molecule has 0 aliphatic rings. The number of thiophene rings is 2. The highest BCUT2D eigenvalue weighted by molar-refractivity contribution is 7.18. The largest absolute Gasteiger partial charge is 0.216 e. The lowest BCUT2D eigenvalue weighted by Crippen LogP contribution is -1.86. The molecule has 0 N–H and O–H groups in total. The molecular weight excluding hydrogens is 272 g/mol. The first-order valence-corrected chi connectivity index (χ1v) is 7.35. The van der Waals surface area contributed by atoms with E-state index in [1.54, 1.807) is 22.7 Å². The number of hydrogen-bond acceptors (Lipinski definition) is 4. The first kappa shape index (κ1) is 11.1. The Labute approximate surface area is 112 Å². The summed E-state index contributed by atoms with van der Waals surface area (Å²) in [5.74, 6) is 0.724. The molecule has 0 fully saturated rings. The molecule has 0 saturated carbocycles. The summed E-state index contributed by atoms with van der Waals surface area (Å²) in [6.45, 7) is 2.13. The minimum atomic E-state index is 0.550. The lowest BCUT2D eigenvalue weighted by atomic mass is 10.3. The van der Waals surface area contributed by atoms with E-state index < -0.39 is 0 Å². The van der Waals surface area contributed by atoms with Gasteiger partial charge in [0, 0.05) is 10.3 Å². The Morgan fingerprint density at radius 3 is 2.94 bits per heavy atom. The summed E-state index contributed by atoms with van der Waals surface area (Å²) in [5, 5.41) is 3.53. The topological polar surface area (TPSA) is 25.8 Å². The van der Waals surface area contributed by atoms with Crippen molar-refractivity contribution in [1.29, 1.82) is 0 Å². The molecule has 86 valence electrons. The predicted molar refractivity (Wildman–Crippen MR) is 75.1 cm³/mol. The second kappa shape index (κ2) is 4.37. The highest BCUT2D eigenvalue weighted by Crippen LogP contribution is 2.32. The molecule has 0 aliphatic carbocycles. The van der Waals surface area contributed by atoms with Crippen LogP contribution >= 0.6 is 34.3 Å². The van der Waals surface area contributed by atoms with Gasteiger partial charge in [-0.25, -0.2) is 9.97 Å². The predicted octanol–water partition coefficient (Wildman–Crippen LogP) is 4.64. The average Bonchev–Trinajstić information content (AvgIpc) is 2.97. The molecule has 0 amide bonds. The van der Waals surface area contributed by atoms with Crippen LogP contribution in [-0.4, -0.2) is 9.97 Å². The molecule has 3 aromatic rings. The standard InChI is InChI=1S/C12H9ClN2S2/c1-2-7-6-8-10(13)14-11(15-12(8)17-7)9-4-3-5-16-9/h3-6H,2H2,1H3. The molecule has 0 spiro atoms. The summed E-state index contributed by atoms with van der Waals surface area (Å²) in [6.07, 6.45) is 1.01. The Hall–Kier alpha value is -0.970. The fraction of sp³-hybridized carbons (Fsp3) is 0.167. The molecule has 0 radical (unpaired) electrons. The molecule has 3 heterocycles. The number of nitrogens with zero attached hydrogens (tertiary/aromatic N) is 2. The van der Waals surface area contributed by atoms with E-state index in [2.05, 4.69) is 23.0 Å². The van der Waals surface area contributed by atoms with Crippen LogP contribution in [0.3, 0.4) is 0 Å². The van der Waals surface area contributed by atoms with Crippen LogP contribution in [0.25, 0.3) is 20.9 Å². The monoisotopic (exact) mass is 280 g/mol. The molecular formula is C12H9ClN2S2. The van der Waals surface area contributed by atoms with Gasteiger partial charge in [-0.15, -0.1) is 22.7 Å². The van der Waals surface area contributed by atoms with Gasteiger partial charge in [-0.2, -0.15) is 0 Å². The molecule has 0 bridgehead atoms. The van der Waals surface area contributed by atoms with E-state index >= 15 is 0 Å². The molecule has 3 rings (SSSR count). The van der Waals surface area contributed by atoms with Crippen molar-refractivity contribution in [2.45, 2.75) is 13.3 Å². The van der Waals surface area contributed by atoms with Crippen LogP contribution in [0.5, 0.6) is 0 Å². The minimum Gasteiger partial charge on any atom is -0.216 e. The van der Waals surface area contributed by atoms with E-state index in [0.29, 0.717) is 5.15 Å². The molecule has 0 aliphatic heterocycles. The van der Waals surface area contributed by atoms with Gasteiger partial charge in [0.1, 0.15) is 9.98 Å². The minimum absolute atomic E-state index is 0.550. The maximum Gasteiger partial charge on any atom is 0.172 e. The lowest BCUT2D eigenvalue weighted by molar-refractivity contribution is 1.19. The van der Waals surface area contributed by atoms with Crippen LogP contribution in [0.4, 0.5) is 0 Å². The number of hydrogen-bond donors (Lipinski definition) is 0. The van der Waals surface area contributed by atoms with Crippen molar-refractivity contribution in [2.75, 3.05) is 0 Å². The number of rotatable bonds is 2. The van der Waals surface area contributed by atoms with Gasteiger partial charge in [-0.3, -0.25) is 0 Å². The van der Waals surface area contributed by atoms with Gasteiger partial charge in [0.05, 0.1) is 4.88 Å². The summed E-state index contributed by atoms with van der Waals surface area (Å²) in [6, 6.07) is 6.09. The van der Waals surface area contributed by atoms with Crippen molar-refractivity contribution in [1.82, 2.24) is 9.97 Å². The number of fused-ring (bicyclic) bond motifs is 1. The van der Waals surface area contributed by atoms with E-state index in [-0.39, 0.29) is 0 Å². The number of halogens is 1.